The molecule has 10 heteroatoms. The number of carbonyl (C=O) groups excluding carboxylic acids is 2. The van der Waals surface area contributed by atoms with Crippen LogP contribution in [0.2, 0.25) is 0 Å². The van der Waals surface area contributed by atoms with Gasteiger partial charge in [0.25, 0.3) is 11.8 Å². The number of para-hydroxylation sites is 1. The molecule has 0 fully saturated rings. The first-order valence-electron chi connectivity index (χ1n) is 9.41. The average Bonchev–Trinajstić information content (AvgIpc) is 2.76. The van der Waals surface area contributed by atoms with E-state index in [9.17, 15) is 9.59 Å². The second-order valence-corrected chi connectivity index (χ2v) is 8.75. The summed E-state index contributed by atoms with van der Waals surface area (Å²) in [6.07, 6.45) is 0. The molecule has 0 aliphatic carbocycles. The molecule has 3 rings (SSSR count). The molecular formula is C22H19Br2N3O4S. The van der Waals surface area contributed by atoms with Gasteiger partial charge in [-0.2, -0.15) is 0 Å². The number of nitrogens with one attached hydrogen (secondary N) is 3. The van der Waals surface area contributed by atoms with Gasteiger partial charge in [0.15, 0.2) is 18.3 Å². The topological polar surface area (TPSA) is 88.7 Å². The van der Waals surface area contributed by atoms with Crippen LogP contribution < -0.4 is 25.6 Å². The van der Waals surface area contributed by atoms with Crippen molar-refractivity contribution in [2.45, 2.75) is 6.92 Å². The third kappa shape index (κ3) is 6.65. The summed E-state index contributed by atoms with van der Waals surface area (Å²) < 4.78 is 12.8. The SMILES string of the molecule is Cc1ccccc1OCC(=O)NC(=S)NNC(=O)COc1ccc2cc(Br)ccc2c1Br. The number of fused-ring (bicyclic) bond motifs is 1. The van der Waals surface area contributed by atoms with Crippen molar-refractivity contribution in [2.24, 2.45) is 0 Å². The Labute approximate surface area is 207 Å². The molecule has 0 heterocycles. The number of halogens is 2. The molecule has 3 N–H and O–H groups in total. The number of carbonyl (C=O) groups is 2. The van der Waals surface area contributed by atoms with Gasteiger partial charge in [-0.1, -0.05) is 46.3 Å². The second-order valence-electron chi connectivity index (χ2n) is 6.64. The largest absolute Gasteiger partial charge is 0.483 e. The third-order valence-corrected chi connectivity index (χ3v) is 5.78. The first-order valence-corrected chi connectivity index (χ1v) is 11.4. The van der Waals surface area contributed by atoms with Crippen LogP contribution in [0.4, 0.5) is 0 Å². The van der Waals surface area contributed by atoms with E-state index in [2.05, 4.69) is 48.0 Å². The maximum absolute atomic E-state index is 12.1. The number of ether oxygens (including phenoxy) is 2. The lowest BCUT2D eigenvalue weighted by atomic mass is 10.1. The summed E-state index contributed by atoms with van der Waals surface area (Å²) in [5.41, 5.74) is 5.75. The van der Waals surface area contributed by atoms with Crippen LogP contribution >= 0.6 is 44.1 Å². The lowest BCUT2D eigenvalue weighted by Crippen LogP contribution is -2.50. The molecule has 0 unspecified atom stereocenters. The number of amides is 2. The van der Waals surface area contributed by atoms with Gasteiger partial charge in [-0.05, 0) is 75.7 Å². The van der Waals surface area contributed by atoms with Gasteiger partial charge < -0.3 is 9.47 Å². The van der Waals surface area contributed by atoms with E-state index >= 15 is 0 Å². The number of hydrogen-bond donors (Lipinski definition) is 3. The molecule has 0 spiro atoms. The number of hydrogen-bond acceptors (Lipinski definition) is 5. The Balaban J connectivity index is 1.41. The molecule has 0 bridgehead atoms. The van der Waals surface area contributed by atoms with Gasteiger partial charge in [-0.15, -0.1) is 0 Å². The van der Waals surface area contributed by atoms with Crippen LogP contribution in [-0.4, -0.2) is 30.1 Å². The molecule has 3 aromatic carbocycles. The van der Waals surface area contributed by atoms with E-state index in [0.717, 1.165) is 25.3 Å². The van der Waals surface area contributed by atoms with E-state index in [0.29, 0.717) is 11.5 Å². The highest BCUT2D eigenvalue weighted by atomic mass is 79.9. The molecule has 7 nitrogen and oxygen atoms in total. The van der Waals surface area contributed by atoms with Crippen molar-refractivity contribution in [3.8, 4) is 11.5 Å². The Hall–Kier alpha value is -2.69. The lowest BCUT2D eigenvalue weighted by Gasteiger charge is -2.13. The smallest absolute Gasteiger partial charge is 0.276 e. The average molecular weight is 581 g/mol. The van der Waals surface area contributed by atoms with Crippen molar-refractivity contribution in [2.75, 3.05) is 13.2 Å². The van der Waals surface area contributed by atoms with Crippen LogP contribution in [0, 0.1) is 6.92 Å². The Bertz CT molecular complexity index is 1170. The Morgan fingerprint density at radius 3 is 2.41 bits per heavy atom. The number of rotatable bonds is 6. The van der Waals surface area contributed by atoms with Gasteiger partial charge in [0, 0.05) is 4.47 Å². The fraction of sp³-hybridized carbons (Fsp3) is 0.136. The third-order valence-electron chi connectivity index (χ3n) is 4.26. The second kappa shape index (κ2) is 11.3. The van der Waals surface area contributed by atoms with Crippen molar-refractivity contribution >= 4 is 71.8 Å². The van der Waals surface area contributed by atoms with E-state index in [4.69, 9.17) is 21.7 Å². The molecule has 2 amide bonds. The zero-order valence-electron chi connectivity index (χ0n) is 16.9. The first-order chi connectivity index (χ1) is 15.3. The number of thiocarbonyl (C=S) groups is 1. The van der Waals surface area contributed by atoms with Gasteiger partial charge in [0.1, 0.15) is 11.5 Å². The summed E-state index contributed by atoms with van der Waals surface area (Å²) in [6, 6.07) is 16.9. The van der Waals surface area contributed by atoms with E-state index in [-0.39, 0.29) is 18.3 Å². The summed E-state index contributed by atoms with van der Waals surface area (Å²) in [7, 11) is 0. The Morgan fingerprint density at radius 2 is 1.62 bits per heavy atom. The molecule has 166 valence electrons. The van der Waals surface area contributed by atoms with Gasteiger partial charge in [0.2, 0.25) is 0 Å². The zero-order chi connectivity index (χ0) is 23.1. The zero-order valence-corrected chi connectivity index (χ0v) is 20.9. The fourth-order valence-corrected chi connectivity index (χ4v) is 3.87. The highest BCUT2D eigenvalue weighted by Gasteiger charge is 2.11. The summed E-state index contributed by atoms with van der Waals surface area (Å²) in [5.74, 6) is 0.210. The summed E-state index contributed by atoms with van der Waals surface area (Å²) >= 11 is 12.0. The van der Waals surface area contributed by atoms with E-state index < -0.39 is 11.8 Å². The molecule has 0 saturated carbocycles. The van der Waals surface area contributed by atoms with Crippen molar-refractivity contribution in [1.82, 2.24) is 16.2 Å². The molecule has 0 aliphatic heterocycles. The fourth-order valence-electron chi connectivity index (χ4n) is 2.72. The summed E-state index contributed by atoms with van der Waals surface area (Å²) in [6.45, 7) is 1.42. The maximum Gasteiger partial charge on any atom is 0.276 e. The Kier molecular flexibility index (Phi) is 8.43. The summed E-state index contributed by atoms with van der Waals surface area (Å²) in [4.78, 5) is 24.0. The van der Waals surface area contributed by atoms with Gasteiger partial charge in [-0.3, -0.25) is 25.8 Å². The quantitative estimate of drug-likeness (QED) is 0.300. The molecule has 32 heavy (non-hydrogen) atoms. The summed E-state index contributed by atoms with van der Waals surface area (Å²) in [5, 5.41) is 4.35. The van der Waals surface area contributed by atoms with Crippen molar-refractivity contribution in [3.05, 3.63) is 69.1 Å². The minimum absolute atomic E-state index is 0.0609. The molecule has 3 aromatic rings. The van der Waals surface area contributed by atoms with Crippen LogP contribution in [0.5, 0.6) is 11.5 Å². The minimum atomic E-state index is -0.472. The van der Waals surface area contributed by atoms with E-state index in [1.807, 2.05) is 49.4 Å². The van der Waals surface area contributed by atoms with Gasteiger partial charge >= 0.3 is 0 Å². The Morgan fingerprint density at radius 1 is 0.906 bits per heavy atom. The molecule has 0 aliphatic rings. The van der Waals surface area contributed by atoms with Gasteiger partial charge in [0.05, 0.1) is 4.47 Å². The van der Waals surface area contributed by atoms with Crippen molar-refractivity contribution in [3.63, 3.8) is 0 Å². The van der Waals surface area contributed by atoms with Crippen molar-refractivity contribution in [1.29, 1.82) is 0 Å². The van der Waals surface area contributed by atoms with Gasteiger partial charge in [-0.25, -0.2) is 0 Å². The van der Waals surface area contributed by atoms with Crippen LogP contribution in [0.15, 0.2) is 63.5 Å². The van der Waals surface area contributed by atoms with Crippen LogP contribution in [0.1, 0.15) is 5.56 Å². The van der Waals surface area contributed by atoms with Crippen LogP contribution in [0.25, 0.3) is 10.8 Å². The predicted molar refractivity (Wildman–Crippen MR) is 134 cm³/mol. The highest BCUT2D eigenvalue weighted by molar-refractivity contribution is 9.11. The van der Waals surface area contributed by atoms with Crippen LogP contribution in [0.3, 0.4) is 0 Å². The molecule has 0 aromatic heterocycles. The number of benzene rings is 3. The number of aryl methyl sites for hydroxylation is 1. The van der Waals surface area contributed by atoms with Crippen LogP contribution in [-0.2, 0) is 9.59 Å². The molecule has 0 radical (unpaired) electrons. The van der Waals surface area contributed by atoms with Crippen molar-refractivity contribution < 1.29 is 19.1 Å². The molecule has 0 saturated heterocycles. The maximum atomic E-state index is 12.1. The normalized spacial score (nSPS) is 10.3. The molecule has 0 atom stereocenters. The monoisotopic (exact) mass is 579 g/mol. The predicted octanol–water partition coefficient (Wildman–Crippen LogP) is 4.15. The first kappa shape index (κ1) is 24.0. The molecular weight excluding hydrogens is 562 g/mol. The number of hydrazine groups is 1. The lowest BCUT2D eigenvalue weighted by molar-refractivity contribution is -0.124. The highest BCUT2D eigenvalue weighted by Crippen LogP contribution is 2.34. The van der Waals surface area contributed by atoms with E-state index in [1.54, 1.807) is 12.1 Å². The standard InChI is InChI=1S/C22H19Br2N3O4S/c1-13-4-2-3-5-17(13)30-11-19(28)25-22(32)27-26-20(29)12-31-18-9-6-14-10-15(23)7-8-16(14)21(18)24/h2-10H,11-12H2,1H3,(H,26,29)(H2,25,27,28,32). The van der Waals surface area contributed by atoms with E-state index in [1.165, 1.54) is 0 Å². The minimum Gasteiger partial charge on any atom is -0.483 e.